The van der Waals surface area contributed by atoms with Gasteiger partial charge in [0.15, 0.2) is 5.79 Å². The summed E-state index contributed by atoms with van der Waals surface area (Å²) in [5.74, 6) is 1.08. The number of nitrogens with zero attached hydrogens (tertiary/aromatic N) is 1. The van der Waals surface area contributed by atoms with Gasteiger partial charge in [-0.25, -0.2) is 0 Å². The van der Waals surface area contributed by atoms with Gasteiger partial charge in [0.05, 0.1) is 18.6 Å². The van der Waals surface area contributed by atoms with E-state index in [1.165, 1.54) is 19.5 Å². The highest BCUT2D eigenvalue weighted by Crippen LogP contribution is 2.29. The van der Waals surface area contributed by atoms with E-state index in [0.29, 0.717) is 13.2 Å². The highest BCUT2D eigenvalue weighted by atomic mass is 16.7. The lowest BCUT2D eigenvalue weighted by molar-refractivity contribution is -0.277. The van der Waals surface area contributed by atoms with Gasteiger partial charge in [0.2, 0.25) is 5.91 Å². The van der Waals surface area contributed by atoms with E-state index in [9.17, 15) is 4.79 Å². The fraction of sp³-hybridized carbons (Fsp3) is 0.947. The highest BCUT2D eigenvalue weighted by molar-refractivity contribution is 5.82. The lowest BCUT2D eigenvalue weighted by Crippen LogP contribution is -2.52. The number of unbranched alkanes of at least 4 members (excludes halogenated alkanes) is 1. The van der Waals surface area contributed by atoms with Crippen LogP contribution in [0, 0.1) is 17.3 Å². The molecule has 0 spiro atoms. The van der Waals surface area contributed by atoms with Crippen molar-refractivity contribution in [3.63, 3.8) is 0 Å². The Balaban J connectivity index is 1.61. The fourth-order valence-corrected chi connectivity index (χ4v) is 3.73. The number of carbonyl (C=O) groups excluding carboxylic acids is 1. The summed E-state index contributed by atoms with van der Waals surface area (Å²) < 4.78 is 11.3. The topological polar surface area (TPSA) is 50.8 Å². The molecule has 1 amide bonds. The van der Waals surface area contributed by atoms with Crippen LogP contribution in [0.5, 0.6) is 0 Å². The van der Waals surface area contributed by atoms with E-state index in [2.05, 4.69) is 24.1 Å². The molecule has 2 heterocycles. The maximum atomic E-state index is 12.4. The zero-order valence-corrected chi connectivity index (χ0v) is 16.2. The van der Waals surface area contributed by atoms with Crippen molar-refractivity contribution in [2.24, 2.45) is 17.3 Å². The summed E-state index contributed by atoms with van der Waals surface area (Å²) in [5, 5.41) is 3.06. The Morgan fingerprint density at radius 1 is 1.08 bits per heavy atom. The molecule has 0 aromatic rings. The van der Waals surface area contributed by atoms with Gasteiger partial charge < -0.3 is 19.7 Å². The van der Waals surface area contributed by atoms with E-state index in [1.807, 2.05) is 20.8 Å². The van der Waals surface area contributed by atoms with E-state index in [-0.39, 0.29) is 5.91 Å². The molecule has 0 saturated carbocycles. The lowest BCUT2D eigenvalue weighted by Gasteiger charge is -2.40. The van der Waals surface area contributed by atoms with Gasteiger partial charge >= 0.3 is 0 Å². The van der Waals surface area contributed by atoms with Gasteiger partial charge in [-0.2, -0.15) is 0 Å². The third-order valence-electron chi connectivity index (χ3n) is 5.16. The first-order valence-electron chi connectivity index (χ1n) is 9.49. The van der Waals surface area contributed by atoms with Crippen LogP contribution in [0.15, 0.2) is 0 Å². The van der Waals surface area contributed by atoms with Gasteiger partial charge in [0, 0.05) is 19.6 Å². The molecule has 0 bridgehead atoms. The van der Waals surface area contributed by atoms with Crippen molar-refractivity contribution < 1.29 is 14.3 Å². The zero-order valence-electron chi connectivity index (χ0n) is 16.2. The molecule has 1 N–H and O–H groups in total. The number of amides is 1. The number of hydrogen-bond acceptors (Lipinski definition) is 4. The van der Waals surface area contributed by atoms with Gasteiger partial charge in [0.25, 0.3) is 0 Å². The molecule has 2 aliphatic heterocycles. The maximum Gasteiger partial charge on any atom is 0.230 e. The van der Waals surface area contributed by atoms with Crippen molar-refractivity contribution >= 4 is 5.91 Å². The van der Waals surface area contributed by atoms with Crippen molar-refractivity contribution in [2.45, 2.75) is 59.7 Å². The van der Waals surface area contributed by atoms with Crippen molar-refractivity contribution in [1.29, 1.82) is 0 Å². The molecule has 2 rings (SSSR count). The molecule has 0 aliphatic carbocycles. The minimum Gasteiger partial charge on any atom is -0.355 e. The van der Waals surface area contributed by atoms with E-state index in [0.717, 1.165) is 37.8 Å². The van der Waals surface area contributed by atoms with E-state index >= 15 is 0 Å². The summed E-state index contributed by atoms with van der Waals surface area (Å²) >= 11 is 0. The van der Waals surface area contributed by atoms with Crippen molar-refractivity contribution in [2.75, 3.05) is 39.4 Å². The van der Waals surface area contributed by atoms with Crippen LogP contribution in [0.1, 0.15) is 53.9 Å². The Hall–Kier alpha value is -0.650. The molecule has 2 aliphatic rings. The van der Waals surface area contributed by atoms with Gasteiger partial charge in [0.1, 0.15) is 0 Å². The second-order valence-electron chi connectivity index (χ2n) is 8.71. The molecule has 5 nitrogen and oxygen atoms in total. The highest BCUT2D eigenvalue weighted by Gasteiger charge is 2.41. The number of rotatable bonds is 6. The predicted molar refractivity (Wildman–Crippen MR) is 95.7 cm³/mol. The third-order valence-corrected chi connectivity index (χ3v) is 5.16. The van der Waals surface area contributed by atoms with Gasteiger partial charge in [-0.3, -0.25) is 4.79 Å². The average Bonchev–Trinajstić information content (AvgIpc) is 2.49. The number of carbonyl (C=O) groups is 1. The Kier molecular flexibility index (Phi) is 6.68. The molecule has 24 heavy (non-hydrogen) atoms. The van der Waals surface area contributed by atoms with Gasteiger partial charge in [-0.1, -0.05) is 13.8 Å². The number of hydrogen-bond donors (Lipinski definition) is 1. The Morgan fingerprint density at radius 2 is 1.67 bits per heavy atom. The SMILES string of the molecule is C[C@H]1C[C@H](C)CN(CCCCNC(=O)C2(C)COC(C)(C)OC2)C1. The molecule has 140 valence electrons. The summed E-state index contributed by atoms with van der Waals surface area (Å²) in [4.78, 5) is 15.0. The van der Waals surface area contributed by atoms with Crippen LogP contribution in [-0.2, 0) is 14.3 Å². The Bertz CT molecular complexity index is 405. The second-order valence-corrected chi connectivity index (χ2v) is 8.71. The van der Waals surface area contributed by atoms with Crippen LogP contribution in [0.2, 0.25) is 0 Å². The molecule has 2 fully saturated rings. The first-order chi connectivity index (χ1) is 11.2. The largest absolute Gasteiger partial charge is 0.355 e. The first kappa shape index (κ1) is 19.7. The Labute approximate surface area is 147 Å². The van der Waals surface area contributed by atoms with Crippen LogP contribution in [0.25, 0.3) is 0 Å². The molecule has 0 unspecified atom stereocenters. The summed E-state index contributed by atoms with van der Waals surface area (Å²) in [5.41, 5.74) is -0.576. The normalized spacial score (nSPS) is 30.0. The molecule has 0 aromatic carbocycles. The number of piperidine rings is 1. The van der Waals surface area contributed by atoms with Crippen LogP contribution in [0.4, 0.5) is 0 Å². The second kappa shape index (κ2) is 8.15. The smallest absolute Gasteiger partial charge is 0.230 e. The Morgan fingerprint density at radius 3 is 2.25 bits per heavy atom. The lowest BCUT2D eigenvalue weighted by atomic mass is 9.90. The fourth-order valence-electron chi connectivity index (χ4n) is 3.73. The summed E-state index contributed by atoms with van der Waals surface area (Å²) in [6.45, 7) is 15.5. The van der Waals surface area contributed by atoms with E-state index in [4.69, 9.17) is 9.47 Å². The molecular formula is C19H36N2O3. The standard InChI is InChI=1S/C19H36N2O3/c1-15-10-16(2)12-21(11-15)9-7-6-8-20-17(22)19(5)13-23-18(3,4)24-14-19/h15-16H,6-14H2,1-5H3,(H,20,22)/t15-,16-/m0/s1. The molecule has 2 atom stereocenters. The first-order valence-corrected chi connectivity index (χ1v) is 9.49. The van der Waals surface area contributed by atoms with Crippen LogP contribution < -0.4 is 5.32 Å². The van der Waals surface area contributed by atoms with E-state index in [1.54, 1.807) is 0 Å². The molecule has 0 radical (unpaired) electrons. The van der Waals surface area contributed by atoms with Crippen LogP contribution in [0.3, 0.4) is 0 Å². The number of likely N-dealkylation sites (tertiary alicyclic amines) is 1. The number of ether oxygens (including phenoxy) is 2. The average molecular weight is 341 g/mol. The molecule has 2 saturated heterocycles. The minimum absolute atomic E-state index is 0.0400. The zero-order chi connectivity index (χ0) is 17.8. The monoisotopic (exact) mass is 340 g/mol. The predicted octanol–water partition coefficient (Wildman–Crippen LogP) is 2.65. The molecular weight excluding hydrogens is 304 g/mol. The van der Waals surface area contributed by atoms with E-state index < -0.39 is 11.2 Å². The van der Waals surface area contributed by atoms with Crippen LogP contribution in [-0.4, -0.2) is 56.0 Å². The molecule has 5 heteroatoms. The van der Waals surface area contributed by atoms with Gasteiger partial charge in [-0.15, -0.1) is 0 Å². The number of nitrogens with one attached hydrogen (secondary N) is 1. The molecule has 0 aromatic heterocycles. The maximum absolute atomic E-state index is 12.4. The third kappa shape index (κ3) is 5.71. The van der Waals surface area contributed by atoms with Crippen molar-refractivity contribution in [3.05, 3.63) is 0 Å². The minimum atomic E-state index is -0.581. The summed E-state index contributed by atoms with van der Waals surface area (Å²) in [7, 11) is 0. The van der Waals surface area contributed by atoms with Gasteiger partial charge in [-0.05, 0) is 58.4 Å². The summed E-state index contributed by atoms with van der Waals surface area (Å²) in [6.07, 6.45) is 3.51. The quantitative estimate of drug-likeness (QED) is 0.755. The van der Waals surface area contributed by atoms with Crippen molar-refractivity contribution in [3.8, 4) is 0 Å². The van der Waals surface area contributed by atoms with Crippen molar-refractivity contribution in [1.82, 2.24) is 10.2 Å². The van der Waals surface area contributed by atoms with Crippen LogP contribution >= 0.6 is 0 Å². The summed E-state index contributed by atoms with van der Waals surface area (Å²) in [6, 6.07) is 0.